The standard InChI is InChI=1S/C42H28BN2OSi/c1-47(2)35-19-8-6-17-31(35)45-32-23-34-38(26-13-5-7-18-33(26)46-34)39(40(32)43-29-16-10-20-36(47)42(29)45)28-15-9-14-27-37-25-12-4-3-11-24(25)21-22-30(37)44-41(27)28/h3-23,44H,1-2H3. The lowest BCUT2D eigenvalue weighted by molar-refractivity contribution is 0.669. The molecule has 0 atom stereocenters. The summed E-state index contributed by atoms with van der Waals surface area (Å²) >= 11 is 0. The fraction of sp³-hybridized carbons (Fsp3) is 0.0476. The van der Waals surface area contributed by atoms with E-state index in [-0.39, 0.29) is 0 Å². The monoisotopic (exact) mass is 615 g/mol. The van der Waals surface area contributed by atoms with Gasteiger partial charge in [0.1, 0.15) is 19.2 Å². The van der Waals surface area contributed by atoms with Gasteiger partial charge in [-0.05, 0) is 50.4 Å². The Morgan fingerprint density at radius 1 is 0.638 bits per heavy atom. The molecule has 4 heterocycles. The highest BCUT2D eigenvalue weighted by Crippen LogP contribution is 2.46. The van der Waals surface area contributed by atoms with Crippen molar-refractivity contribution < 1.29 is 4.42 Å². The minimum Gasteiger partial charge on any atom is -0.456 e. The maximum absolute atomic E-state index is 6.73. The molecule has 3 nitrogen and oxygen atoms in total. The van der Waals surface area contributed by atoms with Crippen molar-refractivity contribution >= 4 is 108 Å². The first kappa shape index (κ1) is 25.6. The first-order valence-corrected chi connectivity index (χ1v) is 19.4. The van der Waals surface area contributed by atoms with Crippen LogP contribution >= 0.6 is 0 Å². The highest BCUT2D eigenvalue weighted by Gasteiger charge is 2.42. The maximum Gasteiger partial charge on any atom is 0.197 e. The third kappa shape index (κ3) is 3.22. The van der Waals surface area contributed by atoms with Crippen molar-refractivity contribution in [3.63, 3.8) is 0 Å². The number of para-hydroxylation sites is 4. The molecule has 0 bridgehead atoms. The predicted molar refractivity (Wildman–Crippen MR) is 202 cm³/mol. The second-order valence-corrected chi connectivity index (χ2v) is 17.9. The first-order valence-electron chi connectivity index (χ1n) is 16.4. The molecule has 0 fully saturated rings. The minimum atomic E-state index is -1.93. The summed E-state index contributed by atoms with van der Waals surface area (Å²) in [5, 5.41) is 10.3. The Morgan fingerprint density at radius 3 is 2.34 bits per heavy atom. The Hall–Kier alpha value is -5.52. The molecule has 219 valence electrons. The summed E-state index contributed by atoms with van der Waals surface area (Å²) in [6, 6.07) is 46.7. The van der Waals surface area contributed by atoms with Crippen LogP contribution in [-0.2, 0) is 0 Å². The lowest BCUT2D eigenvalue weighted by Crippen LogP contribution is -2.62. The summed E-state index contributed by atoms with van der Waals surface area (Å²) in [4.78, 5) is 6.42. The van der Waals surface area contributed by atoms with Crippen molar-refractivity contribution in [2.24, 2.45) is 0 Å². The van der Waals surface area contributed by atoms with Gasteiger partial charge < -0.3 is 14.3 Å². The molecule has 0 unspecified atom stereocenters. The number of fused-ring (bicyclic) bond motifs is 12. The summed E-state index contributed by atoms with van der Waals surface area (Å²) in [7, 11) is 0.507. The number of furan rings is 1. The minimum absolute atomic E-state index is 0.909. The number of anilines is 3. The molecule has 0 aliphatic carbocycles. The van der Waals surface area contributed by atoms with E-state index in [4.69, 9.17) is 4.42 Å². The van der Waals surface area contributed by atoms with Gasteiger partial charge in [-0.2, -0.15) is 0 Å². The average Bonchev–Trinajstić information content (AvgIpc) is 3.68. The van der Waals surface area contributed by atoms with Crippen molar-refractivity contribution in [2.45, 2.75) is 13.1 Å². The van der Waals surface area contributed by atoms with E-state index in [0.717, 1.165) is 33.0 Å². The fourth-order valence-electron chi connectivity index (χ4n) is 8.70. The zero-order valence-electron chi connectivity index (χ0n) is 26.1. The second kappa shape index (κ2) is 8.84. The Balaban J connectivity index is 1.31. The predicted octanol–water partition coefficient (Wildman–Crippen LogP) is 8.61. The highest BCUT2D eigenvalue weighted by atomic mass is 28.3. The largest absolute Gasteiger partial charge is 0.456 e. The van der Waals surface area contributed by atoms with E-state index in [1.165, 1.54) is 71.0 Å². The Kier molecular flexibility index (Phi) is 4.83. The molecule has 9 aromatic rings. The average molecular weight is 616 g/mol. The zero-order chi connectivity index (χ0) is 31.0. The number of benzene rings is 7. The van der Waals surface area contributed by atoms with Crippen molar-refractivity contribution in [2.75, 3.05) is 4.90 Å². The number of hydrogen-bond donors (Lipinski definition) is 1. The molecule has 0 amide bonds. The molecule has 5 heteroatoms. The summed E-state index contributed by atoms with van der Waals surface area (Å²) in [5.74, 6) is 0. The van der Waals surface area contributed by atoms with Crippen LogP contribution in [0.1, 0.15) is 0 Å². The normalized spacial score (nSPS) is 14.5. The Labute approximate surface area is 273 Å². The summed E-state index contributed by atoms with van der Waals surface area (Å²) in [6.45, 7) is 4.98. The molecule has 1 radical (unpaired) electrons. The van der Waals surface area contributed by atoms with Crippen LogP contribution < -0.4 is 26.2 Å². The molecule has 11 rings (SSSR count). The molecule has 0 spiro atoms. The van der Waals surface area contributed by atoms with E-state index in [2.05, 4.69) is 158 Å². The van der Waals surface area contributed by atoms with Crippen molar-refractivity contribution in [3.05, 3.63) is 127 Å². The molecule has 7 aromatic carbocycles. The molecule has 2 aromatic heterocycles. The van der Waals surface area contributed by atoms with Crippen LogP contribution in [0.3, 0.4) is 0 Å². The van der Waals surface area contributed by atoms with Crippen molar-refractivity contribution in [1.29, 1.82) is 0 Å². The second-order valence-electron chi connectivity index (χ2n) is 13.6. The lowest BCUT2D eigenvalue weighted by Gasteiger charge is -2.45. The van der Waals surface area contributed by atoms with E-state index in [9.17, 15) is 0 Å². The third-order valence-electron chi connectivity index (χ3n) is 10.8. The van der Waals surface area contributed by atoms with Crippen LogP contribution in [0.5, 0.6) is 0 Å². The fourth-order valence-corrected chi connectivity index (χ4v) is 11.7. The zero-order valence-corrected chi connectivity index (χ0v) is 27.1. The number of hydrogen-bond acceptors (Lipinski definition) is 2. The van der Waals surface area contributed by atoms with Gasteiger partial charge in [-0.15, -0.1) is 0 Å². The Bertz CT molecular complexity index is 2830. The van der Waals surface area contributed by atoms with Gasteiger partial charge in [-0.25, -0.2) is 0 Å². The van der Waals surface area contributed by atoms with E-state index >= 15 is 0 Å². The van der Waals surface area contributed by atoms with Gasteiger partial charge in [-0.1, -0.05) is 122 Å². The van der Waals surface area contributed by atoms with Crippen LogP contribution in [-0.4, -0.2) is 20.3 Å². The van der Waals surface area contributed by atoms with Gasteiger partial charge in [0, 0.05) is 55.8 Å². The number of H-pyrrole nitrogens is 1. The molecule has 2 aliphatic rings. The number of rotatable bonds is 1. The van der Waals surface area contributed by atoms with E-state index in [1.54, 1.807) is 0 Å². The SMILES string of the molecule is C[Si]1(C)c2ccccc2N2c3cc4oc5ccccc5c4c(-c4cccc5c4[nH]c4ccc6ccccc6c45)c3[B]c3cccc1c32. The molecular weight excluding hydrogens is 587 g/mol. The quantitative estimate of drug-likeness (QED) is 0.188. The van der Waals surface area contributed by atoms with Gasteiger partial charge in [-0.3, -0.25) is 0 Å². The van der Waals surface area contributed by atoms with Gasteiger partial charge in [0.2, 0.25) is 0 Å². The molecule has 2 aliphatic heterocycles. The summed E-state index contributed by atoms with van der Waals surface area (Å²) in [6.07, 6.45) is 0. The van der Waals surface area contributed by atoms with Gasteiger partial charge >= 0.3 is 0 Å². The maximum atomic E-state index is 6.73. The van der Waals surface area contributed by atoms with Gasteiger partial charge in [0.25, 0.3) is 0 Å². The van der Waals surface area contributed by atoms with Gasteiger partial charge in [0.05, 0.1) is 5.52 Å². The first-order chi connectivity index (χ1) is 23.1. The molecule has 0 saturated heterocycles. The van der Waals surface area contributed by atoms with Crippen LogP contribution in [0.25, 0.3) is 65.6 Å². The number of aromatic nitrogens is 1. The van der Waals surface area contributed by atoms with E-state index in [0.29, 0.717) is 0 Å². The van der Waals surface area contributed by atoms with E-state index < -0.39 is 8.07 Å². The number of aromatic amines is 1. The van der Waals surface area contributed by atoms with E-state index in [1.807, 2.05) is 0 Å². The topological polar surface area (TPSA) is 32.2 Å². The Morgan fingerprint density at radius 2 is 1.40 bits per heavy atom. The third-order valence-corrected chi connectivity index (χ3v) is 14.3. The van der Waals surface area contributed by atoms with Crippen molar-refractivity contribution in [1.82, 2.24) is 4.98 Å². The van der Waals surface area contributed by atoms with Gasteiger partial charge in [0.15, 0.2) is 7.28 Å². The number of nitrogens with zero attached hydrogens (tertiary/aromatic N) is 1. The molecular formula is C42H28BN2OSi. The van der Waals surface area contributed by atoms with Crippen LogP contribution in [0.15, 0.2) is 132 Å². The van der Waals surface area contributed by atoms with Crippen molar-refractivity contribution in [3.8, 4) is 11.1 Å². The summed E-state index contributed by atoms with van der Waals surface area (Å²) in [5.41, 5.74) is 12.8. The van der Waals surface area contributed by atoms with Crippen LogP contribution in [0.4, 0.5) is 17.1 Å². The highest BCUT2D eigenvalue weighted by molar-refractivity contribution is 7.03. The lowest BCUT2D eigenvalue weighted by atomic mass is 9.57. The summed E-state index contributed by atoms with van der Waals surface area (Å²) < 4.78 is 6.73. The smallest absolute Gasteiger partial charge is 0.197 e. The molecule has 1 N–H and O–H groups in total. The van der Waals surface area contributed by atoms with Crippen LogP contribution in [0.2, 0.25) is 13.1 Å². The number of nitrogens with one attached hydrogen (secondary N) is 1. The molecule has 47 heavy (non-hydrogen) atoms. The van der Waals surface area contributed by atoms with Crippen LogP contribution in [0, 0.1) is 0 Å². The molecule has 0 saturated carbocycles.